The van der Waals surface area contributed by atoms with E-state index in [0.29, 0.717) is 46.4 Å². The summed E-state index contributed by atoms with van der Waals surface area (Å²) in [7, 11) is 0. The Hall–Kier alpha value is -4.41. The van der Waals surface area contributed by atoms with Crippen molar-refractivity contribution in [2.24, 2.45) is 0 Å². The van der Waals surface area contributed by atoms with Gasteiger partial charge in [-0.15, -0.1) is 0 Å². The number of ether oxygens (including phenoxy) is 1. The Morgan fingerprint density at radius 1 is 1.19 bits per heavy atom. The molecule has 0 saturated carbocycles. The molecule has 0 aliphatic carbocycles. The van der Waals surface area contributed by atoms with Gasteiger partial charge in [0.1, 0.15) is 29.5 Å². The van der Waals surface area contributed by atoms with Gasteiger partial charge in [0.2, 0.25) is 11.8 Å². The fourth-order valence-corrected chi connectivity index (χ4v) is 4.49. The number of pyridine rings is 1. The van der Waals surface area contributed by atoms with Crippen LogP contribution in [0.5, 0.6) is 5.88 Å². The van der Waals surface area contributed by atoms with Crippen molar-refractivity contribution < 1.29 is 22.7 Å². The summed E-state index contributed by atoms with van der Waals surface area (Å²) in [5, 5.41) is 0. The number of aromatic nitrogens is 4. The molecule has 1 fully saturated rings. The van der Waals surface area contributed by atoms with Crippen molar-refractivity contribution in [3.8, 4) is 17.1 Å². The van der Waals surface area contributed by atoms with Crippen LogP contribution in [0, 0.1) is 0 Å². The van der Waals surface area contributed by atoms with E-state index in [2.05, 4.69) is 16.5 Å². The summed E-state index contributed by atoms with van der Waals surface area (Å²) in [6.45, 7) is 4.29. The predicted octanol–water partition coefficient (Wildman–Crippen LogP) is 4.82. The van der Waals surface area contributed by atoms with Gasteiger partial charge < -0.3 is 15.4 Å². The van der Waals surface area contributed by atoms with Crippen LogP contribution in [0.2, 0.25) is 0 Å². The maximum absolute atomic E-state index is 12.7. The molecule has 1 aliphatic rings. The molecule has 0 unspecified atom stereocenters. The number of amides is 1. The molecule has 2 N–H and O–H groups in total. The average molecular weight is 509 g/mol. The SMILES string of the molecule is C=CC(=O)N1CCC[C@H]1c1nc(-c2ccc(OCc3ccc(C(F)(F)F)cc3)nc2)c2c(N)nccn12. The first-order valence-corrected chi connectivity index (χ1v) is 11.6. The van der Waals surface area contributed by atoms with E-state index < -0.39 is 11.7 Å². The second-order valence-corrected chi connectivity index (χ2v) is 8.61. The number of benzene rings is 1. The van der Waals surface area contributed by atoms with Crippen LogP contribution in [0.4, 0.5) is 19.0 Å². The van der Waals surface area contributed by atoms with Crippen molar-refractivity contribution in [1.29, 1.82) is 0 Å². The first-order valence-electron chi connectivity index (χ1n) is 11.6. The van der Waals surface area contributed by atoms with Gasteiger partial charge in [0, 0.05) is 36.8 Å². The fraction of sp³-hybridized carbons (Fsp3) is 0.231. The highest BCUT2D eigenvalue weighted by atomic mass is 19.4. The molecule has 1 aliphatic heterocycles. The van der Waals surface area contributed by atoms with E-state index >= 15 is 0 Å². The molecule has 0 bridgehead atoms. The zero-order valence-corrected chi connectivity index (χ0v) is 19.7. The van der Waals surface area contributed by atoms with E-state index in [1.54, 1.807) is 35.6 Å². The zero-order valence-electron chi connectivity index (χ0n) is 19.7. The van der Waals surface area contributed by atoms with E-state index in [1.807, 2.05) is 4.40 Å². The van der Waals surface area contributed by atoms with Crippen LogP contribution < -0.4 is 10.5 Å². The summed E-state index contributed by atoms with van der Waals surface area (Å²) >= 11 is 0. The maximum atomic E-state index is 12.7. The second-order valence-electron chi connectivity index (χ2n) is 8.61. The molecule has 1 aromatic carbocycles. The molecule has 1 atom stereocenters. The Balaban J connectivity index is 1.40. The lowest BCUT2D eigenvalue weighted by Gasteiger charge is -2.22. The van der Waals surface area contributed by atoms with E-state index in [4.69, 9.17) is 15.5 Å². The Kier molecular flexibility index (Phi) is 6.28. The molecule has 5 rings (SSSR count). The third kappa shape index (κ3) is 4.72. The van der Waals surface area contributed by atoms with Crippen molar-refractivity contribution in [2.45, 2.75) is 31.7 Å². The summed E-state index contributed by atoms with van der Waals surface area (Å²) in [6, 6.07) is 7.97. The highest BCUT2D eigenvalue weighted by Gasteiger charge is 2.33. The quantitative estimate of drug-likeness (QED) is 0.375. The largest absolute Gasteiger partial charge is 0.473 e. The zero-order chi connectivity index (χ0) is 26.2. The van der Waals surface area contributed by atoms with E-state index in [1.165, 1.54) is 18.2 Å². The normalized spacial score (nSPS) is 15.8. The van der Waals surface area contributed by atoms with Crippen molar-refractivity contribution in [3.05, 3.63) is 84.6 Å². The third-order valence-electron chi connectivity index (χ3n) is 6.30. The fourth-order valence-electron chi connectivity index (χ4n) is 4.49. The number of anilines is 1. The van der Waals surface area contributed by atoms with Gasteiger partial charge in [-0.1, -0.05) is 18.7 Å². The number of carbonyl (C=O) groups excluding carboxylic acids is 1. The highest BCUT2D eigenvalue weighted by molar-refractivity contribution is 5.88. The highest BCUT2D eigenvalue weighted by Crippen LogP contribution is 2.36. The molecule has 190 valence electrons. The van der Waals surface area contributed by atoms with Gasteiger partial charge in [-0.25, -0.2) is 15.0 Å². The topological polar surface area (TPSA) is 98.6 Å². The summed E-state index contributed by atoms with van der Waals surface area (Å²) in [4.78, 5) is 27.6. The molecule has 0 radical (unpaired) electrons. The lowest BCUT2D eigenvalue weighted by Crippen LogP contribution is -2.29. The minimum Gasteiger partial charge on any atom is -0.473 e. The van der Waals surface area contributed by atoms with Crippen LogP contribution in [0.25, 0.3) is 16.8 Å². The van der Waals surface area contributed by atoms with Crippen LogP contribution >= 0.6 is 0 Å². The van der Waals surface area contributed by atoms with Crippen LogP contribution in [0.1, 0.15) is 35.8 Å². The van der Waals surface area contributed by atoms with E-state index in [-0.39, 0.29) is 18.6 Å². The molecule has 1 saturated heterocycles. The van der Waals surface area contributed by atoms with E-state index in [9.17, 15) is 18.0 Å². The van der Waals surface area contributed by atoms with Crippen LogP contribution in [-0.2, 0) is 17.6 Å². The number of nitrogen functional groups attached to an aromatic ring is 1. The minimum absolute atomic E-state index is 0.0633. The Bertz CT molecular complexity index is 1450. The number of alkyl halides is 3. The van der Waals surface area contributed by atoms with Gasteiger partial charge in [0.05, 0.1) is 11.6 Å². The first kappa shape index (κ1) is 24.3. The summed E-state index contributed by atoms with van der Waals surface area (Å²) in [5.41, 5.74) is 7.94. The number of nitrogens with two attached hydrogens (primary N) is 1. The van der Waals surface area contributed by atoms with Crippen LogP contribution in [0.15, 0.2) is 67.6 Å². The minimum atomic E-state index is -4.38. The van der Waals surface area contributed by atoms with Gasteiger partial charge in [0.15, 0.2) is 0 Å². The maximum Gasteiger partial charge on any atom is 0.416 e. The standard InChI is InChI=1S/C26H23F3N6O2/c1-2-21(36)34-12-3-4-19(34)25-33-22(23-24(30)31-11-13-35(23)25)17-7-10-20(32-14-17)37-15-16-5-8-18(9-6-16)26(27,28)29/h2,5-11,13-14,19H,1,3-4,12,15H2,(H2,30,31)/t19-/m0/s1. The number of nitrogens with zero attached hydrogens (tertiary/aromatic N) is 5. The molecule has 1 amide bonds. The lowest BCUT2D eigenvalue weighted by molar-refractivity contribution is -0.137. The molecule has 0 spiro atoms. The number of fused-ring (bicyclic) bond motifs is 1. The number of imidazole rings is 1. The average Bonchev–Trinajstić information content (AvgIpc) is 3.53. The number of carbonyl (C=O) groups is 1. The molecule has 3 aromatic heterocycles. The van der Waals surface area contributed by atoms with Gasteiger partial charge in [-0.2, -0.15) is 13.2 Å². The number of hydrogen-bond acceptors (Lipinski definition) is 6. The van der Waals surface area contributed by atoms with Crippen molar-refractivity contribution in [1.82, 2.24) is 24.3 Å². The molecular formula is C26H23F3N6O2. The molecule has 4 aromatic rings. The van der Waals surface area contributed by atoms with Crippen LogP contribution in [0.3, 0.4) is 0 Å². The molecular weight excluding hydrogens is 485 g/mol. The van der Waals surface area contributed by atoms with Crippen LogP contribution in [-0.4, -0.2) is 36.7 Å². The molecule has 4 heterocycles. The first-order chi connectivity index (χ1) is 17.8. The van der Waals surface area contributed by atoms with Gasteiger partial charge in [-0.3, -0.25) is 9.20 Å². The van der Waals surface area contributed by atoms with Gasteiger partial charge in [0.25, 0.3) is 0 Å². The number of halogens is 3. The van der Waals surface area contributed by atoms with E-state index in [0.717, 1.165) is 25.0 Å². The van der Waals surface area contributed by atoms with Gasteiger partial charge >= 0.3 is 6.18 Å². The Labute approximate surface area is 210 Å². The second kappa shape index (κ2) is 9.57. The number of likely N-dealkylation sites (tertiary alicyclic amines) is 1. The summed E-state index contributed by atoms with van der Waals surface area (Å²) in [6.07, 6.45) is 3.46. The predicted molar refractivity (Wildman–Crippen MR) is 130 cm³/mol. The van der Waals surface area contributed by atoms with Crippen molar-refractivity contribution in [3.63, 3.8) is 0 Å². The lowest BCUT2D eigenvalue weighted by atomic mass is 10.1. The number of hydrogen-bond donors (Lipinski definition) is 1. The molecule has 11 heteroatoms. The van der Waals surface area contributed by atoms with Crippen molar-refractivity contribution in [2.75, 3.05) is 12.3 Å². The molecule has 37 heavy (non-hydrogen) atoms. The summed E-state index contributed by atoms with van der Waals surface area (Å²) < 4.78 is 45.8. The number of rotatable bonds is 6. The smallest absolute Gasteiger partial charge is 0.416 e. The Morgan fingerprint density at radius 2 is 1.97 bits per heavy atom. The monoisotopic (exact) mass is 508 g/mol. The Morgan fingerprint density at radius 3 is 2.65 bits per heavy atom. The van der Waals surface area contributed by atoms with Crippen molar-refractivity contribution >= 4 is 17.2 Å². The summed E-state index contributed by atoms with van der Waals surface area (Å²) in [5.74, 6) is 1.11. The van der Waals surface area contributed by atoms with Gasteiger partial charge in [-0.05, 0) is 42.7 Å². The molecule has 8 nitrogen and oxygen atoms in total. The third-order valence-corrected chi connectivity index (χ3v) is 6.30.